The molecule has 0 fully saturated rings. The number of carbonyl (C=O) groups excluding carboxylic acids is 1. The molecule has 1 aromatic heterocycles. The van der Waals surface area contributed by atoms with Crippen molar-refractivity contribution in [2.75, 3.05) is 6.61 Å². The summed E-state index contributed by atoms with van der Waals surface area (Å²) in [6.07, 6.45) is 0.770. The molecule has 0 N–H and O–H groups in total. The summed E-state index contributed by atoms with van der Waals surface area (Å²) in [6.45, 7) is 12.2. The van der Waals surface area contributed by atoms with Crippen molar-refractivity contribution in [3.8, 4) is 17.1 Å². The number of ether oxygens (including phenoxy) is 3. The molecule has 0 aliphatic heterocycles. The first-order chi connectivity index (χ1) is 15.7. The largest absolute Gasteiger partial charge is 0.476 e. The number of carbonyl (C=O) groups is 1. The average molecular weight is 469 g/mol. The summed E-state index contributed by atoms with van der Waals surface area (Å²) in [5.74, 6) is 0.988. The second-order valence-electron chi connectivity index (χ2n) is 8.61. The van der Waals surface area contributed by atoms with Crippen LogP contribution >= 0.6 is 11.5 Å². The molecule has 2 aromatic carbocycles. The van der Waals surface area contributed by atoms with E-state index >= 15 is 0 Å². The van der Waals surface area contributed by atoms with Crippen LogP contribution < -0.4 is 4.74 Å². The van der Waals surface area contributed by atoms with Crippen LogP contribution in [0.25, 0.3) is 11.4 Å². The predicted molar refractivity (Wildman–Crippen MR) is 131 cm³/mol. The van der Waals surface area contributed by atoms with Crippen LogP contribution in [0.1, 0.15) is 49.4 Å². The summed E-state index contributed by atoms with van der Waals surface area (Å²) in [5, 5.41) is 0.861. The molecule has 176 valence electrons. The van der Waals surface area contributed by atoms with Gasteiger partial charge in [0.15, 0.2) is 11.4 Å². The smallest absolute Gasteiger partial charge is 0.349 e. The molecule has 3 rings (SSSR count). The molecule has 1 unspecified atom stereocenters. The quantitative estimate of drug-likeness (QED) is 0.356. The summed E-state index contributed by atoms with van der Waals surface area (Å²) in [5.41, 5.74) is 3.61. The van der Waals surface area contributed by atoms with Gasteiger partial charge in [-0.25, -0.2) is 9.78 Å². The Morgan fingerprint density at radius 1 is 1.09 bits per heavy atom. The molecule has 1 atom stereocenters. The van der Waals surface area contributed by atoms with Gasteiger partial charge in [0.2, 0.25) is 0 Å². The zero-order chi connectivity index (χ0) is 24.0. The summed E-state index contributed by atoms with van der Waals surface area (Å²) in [4.78, 5) is 16.6. The topological polar surface area (TPSA) is 70.5 Å². The molecule has 33 heavy (non-hydrogen) atoms. The number of rotatable bonds is 10. The Morgan fingerprint density at radius 3 is 2.48 bits per heavy atom. The fourth-order valence-electron chi connectivity index (χ4n) is 3.25. The molecule has 0 aliphatic carbocycles. The highest BCUT2D eigenvalue weighted by Crippen LogP contribution is 2.23. The van der Waals surface area contributed by atoms with E-state index in [1.54, 1.807) is 20.8 Å². The zero-order valence-corrected chi connectivity index (χ0v) is 21.0. The molecule has 0 aliphatic rings. The van der Waals surface area contributed by atoms with Crippen LogP contribution in [0.5, 0.6) is 5.75 Å². The SMILES string of the molecule is CCOC(=O)C(C)(C)Oc1ccc(CC(C)OCc2nc(-c3ccc(C)c(C)c3)ns2)cc1. The van der Waals surface area contributed by atoms with Crippen molar-refractivity contribution < 1.29 is 19.0 Å². The highest BCUT2D eigenvalue weighted by atomic mass is 32.1. The average Bonchev–Trinajstić information content (AvgIpc) is 3.25. The predicted octanol–water partition coefficient (Wildman–Crippen LogP) is 5.69. The molecule has 7 heteroatoms. The van der Waals surface area contributed by atoms with E-state index in [1.807, 2.05) is 31.2 Å². The molecular formula is C26H32N2O4S. The third kappa shape index (κ3) is 6.85. The van der Waals surface area contributed by atoms with E-state index < -0.39 is 5.60 Å². The fraction of sp³-hybridized carbons (Fsp3) is 0.423. The minimum atomic E-state index is -1.04. The summed E-state index contributed by atoms with van der Waals surface area (Å²) in [7, 11) is 0. The van der Waals surface area contributed by atoms with E-state index in [1.165, 1.54) is 22.7 Å². The van der Waals surface area contributed by atoms with Gasteiger partial charge in [0.25, 0.3) is 0 Å². The summed E-state index contributed by atoms with van der Waals surface area (Å²) < 4.78 is 21.4. The van der Waals surface area contributed by atoms with Crippen LogP contribution in [-0.4, -0.2) is 33.6 Å². The lowest BCUT2D eigenvalue weighted by atomic mass is 10.1. The van der Waals surface area contributed by atoms with Crippen LogP contribution in [-0.2, 0) is 27.3 Å². The van der Waals surface area contributed by atoms with E-state index in [0.29, 0.717) is 19.0 Å². The molecule has 0 saturated carbocycles. The van der Waals surface area contributed by atoms with Gasteiger partial charge < -0.3 is 14.2 Å². The lowest BCUT2D eigenvalue weighted by Gasteiger charge is -2.24. The molecule has 0 spiro atoms. The van der Waals surface area contributed by atoms with Crippen molar-refractivity contribution in [2.24, 2.45) is 0 Å². The van der Waals surface area contributed by atoms with Gasteiger partial charge >= 0.3 is 5.97 Å². The van der Waals surface area contributed by atoms with E-state index in [-0.39, 0.29) is 12.1 Å². The number of hydrogen-bond donors (Lipinski definition) is 0. The van der Waals surface area contributed by atoms with Crippen molar-refractivity contribution in [1.29, 1.82) is 0 Å². The van der Waals surface area contributed by atoms with Gasteiger partial charge in [-0.1, -0.05) is 24.3 Å². The van der Waals surface area contributed by atoms with Crippen molar-refractivity contribution in [3.63, 3.8) is 0 Å². The van der Waals surface area contributed by atoms with Crippen LogP contribution in [0.3, 0.4) is 0 Å². The van der Waals surface area contributed by atoms with Crippen molar-refractivity contribution >= 4 is 17.5 Å². The maximum atomic E-state index is 12.0. The molecule has 0 radical (unpaired) electrons. The second-order valence-corrected chi connectivity index (χ2v) is 9.45. The minimum absolute atomic E-state index is 0.0155. The van der Waals surface area contributed by atoms with Crippen LogP contribution in [0.15, 0.2) is 42.5 Å². The fourth-order valence-corrected chi connectivity index (χ4v) is 3.84. The van der Waals surface area contributed by atoms with Gasteiger partial charge in [-0.3, -0.25) is 0 Å². The molecular weight excluding hydrogens is 436 g/mol. The Labute approximate surface area is 200 Å². The maximum Gasteiger partial charge on any atom is 0.349 e. The van der Waals surface area contributed by atoms with Gasteiger partial charge in [0.05, 0.1) is 12.7 Å². The first-order valence-corrected chi connectivity index (χ1v) is 11.9. The Morgan fingerprint density at radius 2 is 1.82 bits per heavy atom. The van der Waals surface area contributed by atoms with Crippen molar-refractivity contribution in [2.45, 2.75) is 66.3 Å². The summed E-state index contributed by atoms with van der Waals surface area (Å²) >= 11 is 1.38. The number of hydrogen-bond acceptors (Lipinski definition) is 7. The van der Waals surface area contributed by atoms with E-state index in [0.717, 1.165) is 28.4 Å². The number of benzene rings is 2. The van der Waals surface area contributed by atoms with Crippen LogP contribution in [0.4, 0.5) is 0 Å². The normalized spacial score (nSPS) is 12.4. The number of aryl methyl sites for hydroxylation is 2. The Kier molecular flexibility index (Phi) is 8.21. The van der Waals surface area contributed by atoms with Gasteiger partial charge in [0.1, 0.15) is 17.4 Å². The molecule has 1 heterocycles. The highest BCUT2D eigenvalue weighted by Gasteiger charge is 2.31. The van der Waals surface area contributed by atoms with Gasteiger partial charge in [-0.05, 0) is 94.4 Å². The monoisotopic (exact) mass is 468 g/mol. The second kappa shape index (κ2) is 10.9. The Bertz CT molecular complexity index is 1080. The number of nitrogens with zero attached hydrogens (tertiary/aromatic N) is 2. The van der Waals surface area contributed by atoms with E-state index in [4.69, 9.17) is 14.2 Å². The molecule has 0 amide bonds. The first-order valence-electron chi connectivity index (χ1n) is 11.1. The lowest BCUT2D eigenvalue weighted by molar-refractivity contribution is -0.158. The van der Waals surface area contributed by atoms with E-state index in [9.17, 15) is 4.79 Å². The summed E-state index contributed by atoms with van der Waals surface area (Å²) in [6, 6.07) is 14.0. The van der Waals surface area contributed by atoms with Gasteiger partial charge in [-0.15, -0.1) is 0 Å². The number of aromatic nitrogens is 2. The third-order valence-corrected chi connectivity index (χ3v) is 6.00. The standard InChI is InChI=1S/C26H32N2O4S/c1-7-30-25(29)26(5,6)32-22-12-9-20(10-13-22)15-19(4)31-16-23-27-24(28-33-23)21-11-8-17(2)18(3)14-21/h8-14,19H,7,15-16H2,1-6H3. The van der Waals surface area contributed by atoms with Crippen molar-refractivity contribution in [3.05, 3.63) is 64.2 Å². The number of esters is 1. The first kappa shape index (κ1) is 24.9. The zero-order valence-electron chi connectivity index (χ0n) is 20.2. The maximum absolute atomic E-state index is 12.0. The third-order valence-electron chi connectivity index (χ3n) is 5.31. The molecule has 3 aromatic rings. The highest BCUT2D eigenvalue weighted by molar-refractivity contribution is 7.05. The lowest BCUT2D eigenvalue weighted by Crippen LogP contribution is -2.39. The van der Waals surface area contributed by atoms with Gasteiger partial charge in [-0.2, -0.15) is 4.37 Å². The minimum Gasteiger partial charge on any atom is -0.476 e. The molecule has 6 nitrogen and oxygen atoms in total. The van der Waals surface area contributed by atoms with E-state index in [2.05, 4.69) is 41.4 Å². The Balaban J connectivity index is 1.51. The van der Waals surface area contributed by atoms with Crippen LogP contribution in [0.2, 0.25) is 0 Å². The molecule has 0 bridgehead atoms. The van der Waals surface area contributed by atoms with Crippen molar-refractivity contribution in [1.82, 2.24) is 9.36 Å². The Hall–Kier alpha value is -2.77. The van der Waals surface area contributed by atoms with Crippen LogP contribution in [0, 0.1) is 13.8 Å². The van der Waals surface area contributed by atoms with Gasteiger partial charge in [0, 0.05) is 5.56 Å². The molecule has 0 saturated heterocycles.